The van der Waals surface area contributed by atoms with Crippen molar-refractivity contribution in [1.82, 2.24) is 9.21 Å². The largest absolute Gasteiger partial charge is 0.480 e. The summed E-state index contributed by atoms with van der Waals surface area (Å²) in [5, 5.41) is 8.56. The molecule has 0 bridgehead atoms. The average molecular weight is 308 g/mol. The first kappa shape index (κ1) is 16.7. The van der Waals surface area contributed by atoms with E-state index in [2.05, 4.69) is 0 Å². The van der Waals surface area contributed by atoms with Gasteiger partial charge in [0.1, 0.15) is 5.60 Å². The van der Waals surface area contributed by atoms with Crippen LogP contribution in [0.1, 0.15) is 20.8 Å². The van der Waals surface area contributed by atoms with Gasteiger partial charge in [0.25, 0.3) is 0 Å². The zero-order valence-electron chi connectivity index (χ0n) is 11.8. The van der Waals surface area contributed by atoms with Crippen molar-refractivity contribution < 1.29 is 27.9 Å². The fraction of sp³-hybridized carbons (Fsp3) is 0.818. The number of piperazine rings is 1. The van der Waals surface area contributed by atoms with E-state index in [1.54, 1.807) is 20.8 Å². The first-order valence-corrected chi connectivity index (χ1v) is 7.80. The SMILES string of the molecule is CC(C)(C)OC(=O)N1CCN(S(=O)(=O)CC(=O)O)CC1. The van der Waals surface area contributed by atoms with E-state index >= 15 is 0 Å². The van der Waals surface area contributed by atoms with E-state index in [1.807, 2.05) is 0 Å². The second-order valence-corrected chi connectivity index (χ2v) is 7.49. The normalized spacial score (nSPS) is 17.9. The Morgan fingerprint density at radius 2 is 1.65 bits per heavy atom. The molecule has 1 fully saturated rings. The Hall–Kier alpha value is -1.35. The molecule has 0 atom stereocenters. The molecule has 0 aromatic rings. The highest BCUT2D eigenvalue weighted by molar-refractivity contribution is 7.89. The summed E-state index contributed by atoms with van der Waals surface area (Å²) in [7, 11) is -3.81. The maximum Gasteiger partial charge on any atom is 0.410 e. The number of rotatable bonds is 3. The average Bonchev–Trinajstić information content (AvgIpc) is 2.25. The Balaban J connectivity index is 2.56. The minimum absolute atomic E-state index is 0.0782. The second-order valence-electron chi connectivity index (χ2n) is 5.52. The van der Waals surface area contributed by atoms with Crippen molar-refractivity contribution >= 4 is 22.1 Å². The van der Waals surface area contributed by atoms with Crippen molar-refractivity contribution in [2.45, 2.75) is 26.4 Å². The molecule has 1 aliphatic heterocycles. The van der Waals surface area contributed by atoms with Crippen LogP contribution in [0.2, 0.25) is 0 Å². The van der Waals surface area contributed by atoms with Crippen LogP contribution < -0.4 is 0 Å². The van der Waals surface area contributed by atoms with Crippen LogP contribution in [0.4, 0.5) is 4.79 Å². The van der Waals surface area contributed by atoms with Gasteiger partial charge in [-0.05, 0) is 20.8 Å². The Morgan fingerprint density at radius 3 is 2.05 bits per heavy atom. The summed E-state index contributed by atoms with van der Waals surface area (Å²) in [4.78, 5) is 23.7. The highest BCUT2D eigenvalue weighted by Gasteiger charge is 2.31. The molecule has 1 aliphatic rings. The van der Waals surface area contributed by atoms with Crippen LogP contribution in [0.25, 0.3) is 0 Å². The van der Waals surface area contributed by atoms with Crippen LogP contribution in [0, 0.1) is 0 Å². The second kappa shape index (κ2) is 5.96. The van der Waals surface area contributed by atoms with E-state index in [0.717, 1.165) is 4.31 Å². The van der Waals surface area contributed by atoms with Crippen molar-refractivity contribution in [1.29, 1.82) is 0 Å². The lowest BCUT2D eigenvalue weighted by Crippen LogP contribution is -2.52. The molecule has 1 N–H and O–H groups in total. The van der Waals surface area contributed by atoms with Gasteiger partial charge >= 0.3 is 12.1 Å². The summed E-state index contributed by atoms with van der Waals surface area (Å²) in [5.41, 5.74) is -0.608. The highest BCUT2D eigenvalue weighted by Crippen LogP contribution is 2.13. The molecule has 0 radical (unpaired) electrons. The van der Waals surface area contributed by atoms with Crippen molar-refractivity contribution in [2.24, 2.45) is 0 Å². The maximum absolute atomic E-state index is 11.8. The highest BCUT2D eigenvalue weighted by atomic mass is 32.2. The first-order chi connectivity index (χ1) is 9.01. The molecule has 1 saturated heterocycles. The Bertz CT molecular complexity index is 474. The molecule has 1 amide bonds. The predicted octanol–water partition coefficient (Wildman–Crippen LogP) is -0.0465. The molecule has 0 aromatic carbocycles. The molecular weight excluding hydrogens is 288 g/mol. The van der Waals surface area contributed by atoms with Crippen molar-refractivity contribution in [3.8, 4) is 0 Å². The summed E-state index contributed by atoms with van der Waals surface area (Å²) in [6.07, 6.45) is -0.493. The quantitative estimate of drug-likeness (QED) is 0.784. The molecule has 9 heteroatoms. The fourth-order valence-electron chi connectivity index (χ4n) is 1.72. The molecule has 8 nitrogen and oxygen atoms in total. The summed E-state index contributed by atoms with van der Waals surface area (Å²) in [6, 6.07) is 0. The van der Waals surface area contributed by atoms with Crippen LogP contribution in [-0.2, 0) is 19.6 Å². The van der Waals surface area contributed by atoms with E-state index in [-0.39, 0.29) is 26.2 Å². The van der Waals surface area contributed by atoms with Gasteiger partial charge in [0.05, 0.1) is 0 Å². The predicted molar refractivity (Wildman–Crippen MR) is 70.8 cm³/mol. The summed E-state index contributed by atoms with van der Waals surface area (Å²) in [6.45, 7) is 5.78. The number of hydrogen-bond acceptors (Lipinski definition) is 5. The topological polar surface area (TPSA) is 104 Å². The van der Waals surface area contributed by atoms with E-state index in [4.69, 9.17) is 9.84 Å². The summed E-state index contributed by atoms with van der Waals surface area (Å²) in [5.74, 6) is -2.32. The zero-order valence-corrected chi connectivity index (χ0v) is 12.6. The third-order valence-corrected chi connectivity index (χ3v) is 4.35. The third kappa shape index (κ3) is 4.97. The number of sulfonamides is 1. The number of hydrogen-bond donors (Lipinski definition) is 1. The fourth-order valence-corrected chi connectivity index (χ4v) is 2.94. The third-order valence-electron chi connectivity index (χ3n) is 2.59. The Labute approximate surface area is 118 Å². The minimum Gasteiger partial charge on any atom is -0.480 e. The van der Waals surface area contributed by atoms with E-state index in [1.165, 1.54) is 4.90 Å². The number of nitrogens with zero attached hydrogens (tertiary/aromatic N) is 2. The number of aliphatic carboxylic acids is 1. The van der Waals surface area contributed by atoms with Gasteiger partial charge in [-0.1, -0.05) is 0 Å². The lowest BCUT2D eigenvalue weighted by molar-refractivity contribution is -0.134. The van der Waals surface area contributed by atoms with Crippen LogP contribution in [-0.4, -0.2) is 72.3 Å². The van der Waals surface area contributed by atoms with Crippen LogP contribution >= 0.6 is 0 Å². The molecule has 0 aromatic heterocycles. The van der Waals surface area contributed by atoms with Gasteiger partial charge in [-0.2, -0.15) is 4.31 Å². The number of carbonyl (C=O) groups is 2. The zero-order chi connectivity index (χ0) is 15.6. The van der Waals surface area contributed by atoms with Gasteiger partial charge in [0, 0.05) is 26.2 Å². The van der Waals surface area contributed by atoms with Crippen molar-refractivity contribution in [3.05, 3.63) is 0 Å². The van der Waals surface area contributed by atoms with Gasteiger partial charge in [-0.25, -0.2) is 13.2 Å². The molecule has 0 spiro atoms. The number of carbonyl (C=O) groups excluding carboxylic acids is 1. The lowest BCUT2D eigenvalue weighted by atomic mass is 10.2. The summed E-state index contributed by atoms with van der Waals surface area (Å²) >= 11 is 0. The Morgan fingerprint density at radius 1 is 1.15 bits per heavy atom. The van der Waals surface area contributed by atoms with Gasteiger partial charge in [0.15, 0.2) is 5.75 Å². The molecule has 0 saturated carbocycles. The molecule has 116 valence electrons. The molecule has 0 aliphatic carbocycles. The number of carboxylic acid groups (broad SMARTS) is 1. The minimum atomic E-state index is -3.81. The van der Waals surface area contributed by atoms with Crippen molar-refractivity contribution in [2.75, 3.05) is 31.9 Å². The smallest absolute Gasteiger partial charge is 0.410 e. The molecule has 20 heavy (non-hydrogen) atoms. The van der Waals surface area contributed by atoms with E-state index in [0.29, 0.717) is 0 Å². The van der Waals surface area contributed by atoms with Gasteiger partial charge in [-0.15, -0.1) is 0 Å². The lowest BCUT2D eigenvalue weighted by Gasteiger charge is -2.34. The van der Waals surface area contributed by atoms with Crippen LogP contribution in [0.15, 0.2) is 0 Å². The molecular formula is C11H20N2O6S. The number of ether oxygens (including phenoxy) is 1. The van der Waals surface area contributed by atoms with Gasteiger partial charge in [-0.3, -0.25) is 4.79 Å². The van der Waals surface area contributed by atoms with E-state index in [9.17, 15) is 18.0 Å². The maximum atomic E-state index is 11.8. The number of amides is 1. The van der Waals surface area contributed by atoms with Gasteiger partial charge in [0.2, 0.25) is 10.0 Å². The Kier molecular flexibility index (Phi) is 4.98. The van der Waals surface area contributed by atoms with Crippen molar-refractivity contribution in [3.63, 3.8) is 0 Å². The number of carboxylic acids is 1. The van der Waals surface area contributed by atoms with Gasteiger partial charge < -0.3 is 14.7 Å². The monoisotopic (exact) mass is 308 g/mol. The first-order valence-electron chi connectivity index (χ1n) is 6.19. The molecule has 0 unspecified atom stereocenters. The summed E-state index contributed by atoms with van der Waals surface area (Å²) < 4.78 is 29.7. The van der Waals surface area contributed by atoms with Crippen LogP contribution in [0.3, 0.4) is 0 Å². The van der Waals surface area contributed by atoms with Crippen LogP contribution in [0.5, 0.6) is 0 Å². The van der Waals surface area contributed by atoms with E-state index < -0.39 is 33.4 Å². The molecule has 1 heterocycles. The molecule has 1 rings (SSSR count). The standard InChI is InChI=1S/C11H20N2O6S/c1-11(2,3)19-10(16)12-4-6-13(7-5-12)20(17,18)8-9(14)15/h4-8H2,1-3H3,(H,14,15).